The van der Waals surface area contributed by atoms with Crippen molar-refractivity contribution in [3.05, 3.63) is 35.9 Å². The van der Waals surface area contributed by atoms with Gasteiger partial charge in [0.25, 0.3) is 0 Å². The van der Waals surface area contributed by atoms with Crippen LogP contribution in [0, 0.1) is 11.8 Å². The summed E-state index contributed by atoms with van der Waals surface area (Å²) in [6.07, 6.45) is 0.847. The first-order chi connectivity index (χ1) is 9.90. The van der Waals surface area contributed by atoms with Gasteiger partial charge in [0.05, 0.1) is 6.10 Å². The van der Waals surface area contributed by atoms with E-state index in [1.807, 2.05) is 18.2 Å². The molecule has 0 saturated heterocycles. The molecule has 1 aromatic carbocycles. The van der Waals surface area contributed by atoms with Gasteiger partial charge in [-0.05, 0) is 30.7 Å². The van der Waals surface area contributed by atoms with Gasteiger partial charge >= 0.3 is 0 Å². The second-order valence-corrected chi connectivity index (χ2v) is 6.42. The normalized spacial score (nSPS) is 15.5. The minimum Gasteiger partial charge on any atom is -0.393 e. The Morgan fingerprint density at radius 2 is 1.76 bits per heavy atom. The lowest BCUT2D eigenvalue weighted by Crippen LogP contribution is -2.31. The number of rotatable bonds is 8. The Balaban J connectivity index is 2.56. The van der Waals surface area contributed by atoms with Crippen molar-refractivity contribution in [1.29, 1.82) is 0 Å². The van der Waals surface area contributed by atoms with Crippen molar-refractivity contribution in [2.24, 2.45) is 11.8 Å². The molecule has 0 spiro atoms. The molecule has 1 amide bonds. The number of aliphatic hydroxyl groups is 1. The number of benzene rings is 1. The zero-order chi connectivity index (χ0) is 15.8. The third kappa shape index (κ3) is 6.76. The molecule has 1 aromatic rings. The molecule has 0 saturated carbocycles. The molecule has 3 nitrogen and oxygen atoms in total. The van der Waals surface area contributed by atoms with Gasteiger partial charge in [-0.25, -0.2) is 0 Å². The maximum atomic E-state index is 12.0. The topological polar surface area (TPSA) is 49.3 Å². The fraction of sp³-hybridized carbons (Fsp3) is 0.611. The molecule has 118 valence electrons. The van der Waals surface area contributed by atoms with Crippen LogP contribution in [0.1, 0.15) is 52.0 Å². The molecule has 0 aliphatic rings. The smallest absolute Gasteiger partial charge is 0.220 e. The largest absolute Gasteiger partial charge is 0.393 e. The van der Waals surface area contributed by atoms with Crippen molar-refractivity contribution in [3.63, 3.8) is 0 Å². The highest BCUT2D eigenvalue weighted by atomic mass is 16.3. The van der Waals surface area contributed by atoms with Crippen LogP contribution in [0.4, 0.5) is 0 Å². The van der Waals surface area contributed by atoms with E-state index in [1.54, 1.807) is 6.92 Å². The molecule has 3 unspecified atom stereocenters. The first-order valence-corrected chi connectivity index (χ1v) is 7.89. The number of amides is 1. The first kappa shape index (κ1) is 17.7. The van der Waals surface area contributed by atoms with E-state index >= 15 is 0 Å². The van der Waals surface area contributed by atoms with Gasteiger partial charge in [-0.1, -0.05) is 51.1 Å². The van der Waals surface area contributed by atoms with Gasteiger partial charge in [0.15, 0.2) is 0 Å². The second kappa shape index (κ2) is 8.83. The number of hydrogen-bond acceptors (Lipinski definition) is 2. The summed E-state index contributed by atoms with van der Waals surface area (Å²) in [7, 11) is 0. The first-order valence-electron chi connectivity index (χ1n) is 7.89. The van der Waals surface area contributed by atoms with Crippen molar-refractivity contribution >= 4 is 5.91 Å². The standard InChI is InChI=1S/C18H29NO2/c1-13(2)14(3)10-18(21)19-12-17(11-15(4)20)16-8-6-5-7-9-16/h5-9,13-15,17,20H,10-12H2,1-4H3,(H,19,21). The van der Waals surface area contributed by atoms with Gasteiger partial charge in [-0.2, -0.15) is 0 Å². The molecule has 0 bridgehead atoms. The van der Waals surface area contributed by atoms with E-state index in [0.717, 1.165) is 5.56 Å². The van der Waals surface area contributed by atoms with E-state index in [-0.39, 0.29) is 17.9 Å². The zero-order valence-corrected chi connectivity index (χ0v) is 13.7. The Morgan fingerprint density at radius 1 is 1.14 bits per heavy atom. The zero-order valence-electron chi connectivity index (χ0n) is 13.7. The van der Waals surface area contributed by atoms with Crippen LogP contribution >= 0.6 is 0 Å². The highest BCUT2D eigenvalue weighted by molar-refractivity contribution is 5.76. The van der Waals surface area contributed by atoms with Crippen molar-refractivity contribution in [2.75, 3.05) is 6.54 Å². The van der Waals surface area contributed by atoms with E-state index in [1.165, 1.54) is 0 Å². The van der Waals surface area contributed by atoms with Crippen LogP contribution in [0.25, 0.3) is 0 Å². The summed E-state index contributed by atoms with van der Waals surface area (Å²) in [5, 5.41) is 12.7. The molecule has 0 aliphatic carbocycles. The van der Waals surface area contributed by atoms with E-state index in [2.05, 4.69) is 38.2 Å². The van der Waals surface area contributed by atoms with Gasteiger partial charge in [0, 0.05) is 18.9 Å². The maximum absolute atomic E-state index is 12.0. The molecule has 0 heterocycles. The summed E-state index contributed by atoms with van der Waals surface area (Å²) in [6, 6.07) is 10.1. The van der Waals surface area contributed by atoms with Crippen LogP contribution in [0.5, 0.6) is 0 Å². The SMILES string of the molecule is CC(O)CC(CNC(=O)CC(C)C(C)C)c1ccccc1. The molecule has 0 aliphatic heterocycles. The Hall–Kier alpha value is -1.35. The molecular weight excluding hydrogens is 262 g/mol. The number of hydrogen-bond donors (Lipinski definition) is 2. The number of nitrogens with one attached hydrogen (secondary N) is 1. The third-order valence-corrected chi connectivity index (χ3v) is 4.09. The fourth-order valence-electron chi connectivity index (χ4n) is 2.31. The lowest BCUT2D eigenvalue weighted by molar-refractivity contribution is -0.122. The van der Waals surface area contributed by atoms with Crippen LogP contribution in [0.3, 0.4) is 0 Å². The van der Waals surface area contributed by atoms with Gasteiger partial charge in [-0.3, -0.25) is 4.79 Å². The minimum atomic E-state index is -0.373. The number of aliphatic hydroxyl groups excluding tert-OH is 1. The Labute approximate surface area is 128 Å². The summed E-state index contributed by atoms with van der Waals surface area (Å²) < 4.78 is 0. The molecule has 3 atom stereocenters. The summed E-state index contributed by atoms with van der Waals surface area (Å²) in [5.74, 6) is 1.15. The Bertz CT molecular complexity index is 414. The van der Waals surface area contributed by atoms with Gasteiger partial charge in [0.1, 0.15) is 0 Å². The van der Waals surface area contributed by atoms with Crippen LogP contribution in [0.15, 0.2) is 30.3 Å². The van der Waals surface area contributed by atoms with Crippen LogP contribution < -0.4 is 5.32 Å². The predicted octanol–water partition coefficient (Wildman–Crippen LogP) is 3.34. The lowest BCUT2D eigenvalue weighted by atomic mass is 9.92. The monoisotopic (exact) mass is 291 g/mol. The van der Waals surface area contributed by atoms with Crippen LogP contribution in [0.2, 0.25) is 0 Å². The van der Waals surface area contributed by atoms with Gasteiger partial charge < -0.3 is 10.4 Å². The van der Waals surface area contributed by atoms with E-state index in [4.69, 9.17) is 0 Å². The molecule has 0 fully saturated rings. The number of carbonyl (C=O) groups is 1. The second-order valence-electron chi connectivity index (χ2n) is 6.42. The van der Waals surface area contributed by atoms with Crippen molar-refractivity contribution in [2.45, 2.75) is 52.6 Å². The minimum absolute atomic E-state index is 0.0997. The Morgan fingerprint density at radius 3 is 2.29 bits per heavy atom. The van der Waals surface area contributed by atoms with Crippen molar-refractivity contribution in [1.82, 2.24) is 5.32 Å². The summed E-state index contributed by atoms with van der Waals surface area (Å²) >= 11 is 0. The molecule has 2 N–H and O–H groups in total. The summed E-state index contributed by atoms with van der Waals surface area (Å²) in [4.78, 5) is 12.0. The molecular formula is C18H29NO2. The Kier molecular flexibility index (Phi) is 7.44. The number of carbonyl (C=O) groups excluding carboxylic acids is 1. The van der Waals surface area contributed by atoms with Crippen LogP contribution in [-0.4, -0.2) is 23.7 Å². The summed E-state index contributed by atoms with van der Waals surface area (Å²) in [6.45, 7) is 8.75. The highest BCUT2D eigenvalue weighted by Gasteiger charge is 2.17. The lowest BCUT2D eigenvalue weighted by Gasteiger charge is -2.21. The van der Waals surface area contributed by atoms with E-state index in [9.17, 15) is 9.90 Å². The summed E-state index contributed by atoms with van der Waals surface area (Å²) in [5.41, 5.74) is 1.16. The molecule has 0 radical (unpaired) electrons. The molecule has 3 heteroatoms. The van der Waals surface area contributed by atoms with Crippen molar-refractivity contribution in [3.8, 4) is 0 Å². The fourth-order valence-corrected chi connectivity index (χ4v) is 2.31. The van der Waals surface area contributed by atoms with Gasteiger partial charge in [-0.15, -0.1) is 0 Å². The van der Waals surface area contributed by atoms with Crippen LogP contribution in [-0.2, 0) is 4.79 Å². The molecule has 0 aromatic heterocycles. The van der Waals surface area contributed by atoms with Crippen molar-refractivity contribution < 1.29 is 9.90 Å². The van der Waals surface area contributed by atoms with E-state index < -0.39 is 0 Å². The quantitative estimate of drug-likeness (QED) is 0.772. The highest BCUT2D eigenvalue weighted by Crippen LogP contribution is 2.21. The van der Waals surface area contributed by atoms with E-state index in [0.29, 0.717) is 31.2 Å². The third-order valence-electron chi connectivity index (χ3n) is 4.09. The predicted molar refractivity (Wildman–Crippen MR) is 87.1 cm³/mol. The molecule has 21 heavy (non-hydrogen) atoms. The average Bonchev–Trinajstić information content (AvgIpc) is 2.43. The molecule has 1 rings (SSSR count). The van der Waals surface area contributed by atoms with Gasteiger partial charge in [0.2, 0.25) is 5.91 Å². The average molecular weight is 291 g/mol. The maximum Gasteiger partial charge on any atom is 0.220 e.